The molecule has 2 aliphatic carbocycles. The molecule has 4 aromatic rings. The number of allylic oxidation sites excluding steroid dienone is 4. The van der Waals surface area contributed by atoms with Gasteiger partial charge in [0.15, 0.2) is 0 Å². The first-order valence-electron chi connectivity index (χ1n) is 15.8. The van der Waals surface area contributed by atoms with E-state index in [1.165, 1.54) is 77.9 Å². The van der Waals surface area contributed by atoms with Crippen molar-refractivity contribution in [3.63, 3.8) is 0 Å². The van der Waals surface area contributed by atoms with Crippen molar-refractivity contribution >= 4 is 11.1 Å². The molecule has 43 heavy (non-hydrogen) atoms. The highest BCUT2D eigenvalue weighted by Gasteiger charge is 2.41. The van der Waals surface area contributed by atoms with Gasteiger partial charge in [-0.2, -0.15) is 0 Å². The lowest BCUT2D eigenvalue weighted by Gasteiger charge is -2.34. The summed E-state index contributed by atoms with van der Waals surface area (Å²) < 4.78 is 0. The van der Waals surface area contributed by atoms with Gasteiger partial charge < -0.3 is 0 Å². The van der Waals surface area contributed by atoms with Crippen molar-refractivity contribution in [2.45, 2.75) is 80.1 Å². The Morgan fingerprint density at radius 3 is 1.09 bits per heavy atom. The van der Waals surface area contributed by atoms with E-state index in [2.05, 4.69) is 167 Å². The van der Waals surface area contributed by atoms with Crippen LogP contribution in [0.25, 0.3) is 33.4 Å². The maximum absolute atomic E-state index is 2.44. The number of fused-ring (bicyclic) bond motifs is 2. The van der Waals surface area contributed by atoms with Crippen LogP contribution in [0.15, 0.2) is 96.1 Å². The van der Waals surface area contributed by atoms with E-state index < -0.39 is 0 Å². The first-order chi connectivity index (χ1) is 20.2. The average Bonchev–Trinajstić information content (AvgIpc) is 3.48. The quantitative estimate of drug-likeness (QED) is 0.232. The summed E-state index contributed by atoms with van der Waals surface area (Å²) in [4.78, 5) is 0. The largest absolute Gasteiger partial charge is 0.0613 e. The van der Waals surface area contributed by atoms with Crippen molar-refractivity contribution in [3.8, 4) is 22.3 Å². The molecule has 0 nitrogen and oxygen atoms in total. The Morgan fingerprint density at radius 1 is 0.419 bits per heavy atom. The van der Waals surface area contributed by atoms with Crippen molar-refractivity contribution in [3.05, 3.63) is 142 Å². The molecule has 0 fully saturated rings. The van der Waals surface area contributed by atoms with Gasteiger partial charge in [-0.15, -0.1) is 0 Å². The van der Waals surface area contributed by atoms with Gasteiger partial charge in [-0.05, 0) is 91.5 Å². The second kappa shape index (κ2) is 10.2. The summed E-state index contributed by atoms with van der Waals surface area (Å²) in [5.74, 6) is 0. The van der Waals surface area contributed by atoms with Crippen LogP contribution in [0.1, 0.15) is 103 Å². The van der Waals surface area contributed by atoms with Gasteiger partial charge in [0.2, 0.25) is 0 Å². The molecule has 0 heterocycles. The third kappa shape index (κ3) is 5.04. The van der Waals surface area contributed by atoms with Crippen molar-refractivity contribution in [1.29, 1.82) is 0 Å². The normalized spacial score (nSPS) is 15.3. The van der Waals surface area contributed by atoms with E-state index in [0.29, 0.717) is 0 Å². The zero-order chi connectivity index (χ0) is 30.9. The molecule has 218 valence electrons. The van der Waals surface area contributed by atoms with Crippen LogP contribution in [-0.2, 0) is 10.8 Å². The molecular formula is C43H46. The number of hydrogen-bond donors (Lipinski definition) is 0. The Kier molecular flexibility index (Phi) is 7.00. The molecule has 6 rings (SSSR count). The van der Waals surface area contributed by atoms with Gasteiger partial charge in [-0.1, -0.05) is 151 Å². The van der Waals surface area contributed by atoms with Crippen LogP contribution < -0.4 is 0 Å². The molecule has 0 spiro atoms. The minimum Gasteiger partial charge on any atom is -0.0613 e. The topological polar surface area (TPSA) is 0 Å². The standard InChI is InChI=1S/C43H46/c1-27-25-31-13-11-15-35(29-17-21-33(22-18-29)41(3,4)5)37(31)39(27)43(9,10)40-28(2)26-32-14-12-16-36(38(32)40)30-19-23-34(24-20-30)42(6,7)8/h11-26H,1-10H3. The summed E-state index contributed by atoms with van der Waals surface area (Å²) in [6.45, 7) is 23.2. The highest BCUT2D eigenvalue weighted by molar-refractivity contribution is 6.02. The van der Waals surface area contributed by atoms with Crippen LogP contribution in [0.3, 0.4) is 0 Å². The fourth-order valence-electron chi connectivity index (χ4n) is 7.46. The molecule has 0 saturated heterocycles. The lowest BCUT2D eigenvalue weighted by molar-refractivity contribution is 0.590. The third-order valence-electron chi connectivity index (χ3n) is 9.60. The number of benzene rings is 4. The van der Waals surface area contributed by atoms with Crippen molar-refractivity contribution in [1.82, 2.24) is 0 Å². The molecule has 0 amide bonds. The molecule has 0 unspecified atom stereocenters. The Bertz CT molecular complexity index is 1640. The highest BCUT2D eigenvalue weighted by atomic mass is 14.4. The van der Waals surface area contributed by atoms with Crippen molar-refractivity contribution in [2.75, 3.05) is 0 Å². The van der Waals surface area contributed by atoms with E-state index in [0.717, 1.165) is 0 Å². The minimum absolute atomic E-state index is 0.135. The molecule has 2 radical (unpaired) electrons. The van der Waals surface area contributed by atoms with Crippen LogP contribution in [0.2, 0.25) is 0 Å². The van der Waals surface area contributed by atoms with E-state index in [1.807, 2.05) is 0 Å². The summed E-state index contributed by atoms with van der Waals surface area (Å²) in [6.07, 6.45) is 4.79. The smallest absolute Gasteiger partial charge is 0.0164 e. The maximum atomic E-state index is 2.44. The van der Waals surface area contributed by atoms with Crippen LogP contribution >= 0.6 is 0 Å². The molecule has 0 aliphatic heterocycles. The second-order valence-corrected chi connectivity index (χ2v) is 15.2. The molecule has 0 heteroatoms. The predicted octanol–water partition coefficient (Wildman–Crippen LogP) is 12.0. The Hall–Kier alpha value is -3.64. The maximum Gasteiger partial charge on any atom is 0.0164 e. The zero-order valence-electron chi connectivity index (χ0n) is 27.7. The van der Waals surface area contributed by atoms with Gasteiger partial charge in [0.1, 0.15) is 0 Å². The van der Waals surface area contributed by atoms with Crippen LogP contribution in [0, 0.1) is 18.3 Å². The van der Waals surface area contributed by atoms with E-state index in [1.54, 1.807) is 0 Å². The molecule has 0 aromatic heterocycles. The number of rotatable bonds is 4. The Morgan fingerprint density at radius 2 is 0.767 bits per heavy atom. The summed E-state index contributed by atoms with van der Waals surface area (Å²) in [5.41, 5.74) is 19.0. The van der Waals surface area contributed by atoms with E-state index in [9.17, 15) is 0 Å². The molecule has 0 N–H and O–H groups in total. The summed E-state index contributed by atoms with van der Waals surface area (Å²) in [5, 5.41) is 0. The first-order valence-corrected chi connectivity index (χ1v) is 15.8. The minimum atomic E-state index is -0.208. The molecule has 4 aromatic carbocycles. The zero-order valence-corrected chi connectivity index (χ0v) is 27.7. The predicted molar refractivity (Wildman–Crippen MR) is 187 cm³/mol. The third-order valence-corrected chi connectivity index (χ3v) is 9.60. The van der Waals surface area contributed by atoms with Crippen molar-refractivity contribution < 1.29 is 0 Å². The van der Waals surface area contributed by atoms with Crippen LogP contribution in [-0.4, -0.2) is 0 Å². The van der Waals surface area contributed by atoms with E-state index in [4.69, 9.17) is 0 Å². The van der Waals surface area contributed by atoms with Gasteiger partial charge in [0.05, 0.1) is 0 Å². The SMILES string of the molecule is CC1=C(C(C)(C)C2=C(C)[CH]c3cccc(-c4ccc(C(C)(C)C)cc4)c32)c2c(cccc2-c2ccc(C(C)(C)C)cc2)[CH]1. The summed E-state index contributed by atoms with van der Waals surface area (Å²) >= 11 is 0. The molecule has 0 bridgehead atoms. The number of hydrogen-bond acceptors (Lipinski definition) is 0. The average molecular weight is 563 g/mol. The molecule has 2 aliphatic rings. The van der Waals surface area contributed by atoms with Crippen LogP contribution in [0.5, 0.6) is 0 Å². The highest BCUT2D eigenvalue weighted by Crippen LogP contribution is 2.58. The summed E-state index contributed by atoms with van der Waals surface area (Å²) in [6, 6.07) is 32.1. The van der Waals surface area contributed by atoms with Gasteiger partial charge in [-0.25, -0.2) is 0 Å². The lowest BCUT2D eigenvalue weighted by Crippen LogP contribution is -2.18. The van der Waals surface area contributed by atoms with Gasteiger partial charge in [0.25, 0.3) is 0 Å². The summed E-state index contributed by atoms with van der Waals surface area (Å²) in [7, 11) is 0. The Balaban J connectivity index is 1.48. The Labute approximate surface area is 260 Å². The molecule has 0 atom stereocenters. The fraction of sp³-hybridized carbons (Fsp3) is 0.302. The van der Waals surface area contributed by atoms with Gasteiger partial charge >= 0.3 is 0 Å². The monoisotopic (exact) mass is 562 g/mol. The van der Waals surface area contributed by atoms with Crippen LogP contribution in [0.4, 0.5) is 0 Å². The van der Waals surface area contributed by atoms with Gasteiger partial charge in [0, 0.05) is 18.3 Å². The second-order valence-electron chi connectivity index (χ2n) is 15.2. The van der Waals surface area contributed by atoms with E-state index >= 15 is 0 Å². The molecular weight excluding hydrogens is 516 g/mol. The first kappa shape index (κ1) is 29.4. The van der Waals surface area contributed by atoms with E-state index in [-0.39, 0.29) is 16.2 Å². The molecule has 0 saturated carbocycles. The van der Waals surface area contributed by atoms with Gasteiger partial charge in [-0.3, -0.25) is 0 Å². The fourth-order valence-corrected chi connectivity index (χ4v) is 7.46. The van der Waals surface area contributed by atoms with Crippen molar-refractivity contribution in [2.24, 2.45) is 5.41 Å². The lowest BCUT2D eigenvalue weighted by atomic mass is 9.69.